The average Bonchev–Trinajstić information content (AvgIpc) is 3.07. The van der Waals surface area contributed by atoms with E-state index < -0.39 is 5.82 Å². The minimum Gasteiger partial charge on any atom is -0.367 e. The molecule has 0 amide bonds. The highest BCUT2D eigenvalue weighted by Gasteiger charge is 2.40. The normalized spacial score (nSPS) is 17.3. The summed E-state index contributed by atoms with van der Waals surface area (Å²) in [6.07, 6.45) is 5.26. The van der Waals surface area contributed by atoms with Gasteiger partial charge in [0.2, 0.25) is 5.88 Å². The third-order valence-electron chi connectivity index (χ3n) is 4.67. The van der Waals surface area contributed by atoms with E-state index in [-0.39, 0.29) is 11.3 Å². The first-order valence-electron chi connectivity index (χ1n) is 7.29. The van der Waals surface area contributed by atoms with Crippen LogP contribution in [0.3, 0.4) is 0 Å². The van der Waals surface area contributed by atoms with Crippen LogP contribution in [0.5, 0.6) is 0 Å². The summed E-state index contributed by atoms with van der Waals surface area (Å²) in [5.74, 6) is -0.264. The predicted molar refractivity (Wildman–Crippen MR) is 81.8 cm³/mol. The maximum absolute atomic E-state index is 14.3. The fraction of sp³-hybridized carbons (Fsp3) is 0.438. The van der Waals surface area contributed by atoms with E-state index in [0.717, 1.165) is 37.8 Å². The van der Waals surface area contributed by atoms with Crippen molar-refractivity contribution in [2.24, 2.45) is 0 Å². The summed E-state index contributed by atoms with van der Waals surface area (Å²) in [5, 5.41) is 4.50. The van der Waals surface area contributed by atoms with Gasteiger partial charge in [-0.25, -0.2) is 4.39 Å². The summed E-state index contributed by atoms with van der Waals surface area (Å²) in [7, 11) is 0. The number of nitrogens with two attached hydrogens (primary N) is 1. The fourth-order valence-corrected chi connectivity index (χ4v) is 3.71. The first kappa shape index (κ1) is 14.4. The topological polar surface area (TPSA) is 52.0 Å². The second kappa shape index (κ2) is 5.34. The van der Waals surface area contributed by atoms with E-state index in [4.69, 9.17) is 21.9 Å². The molecule has 21 heavy (non-hydrogen) atoms. The minimum absolute atomic E-state index is 0.0813. The van der Waals surface area contributed by atoms with Crippen molar-refractivity contribution in [2.45, 2.75) is 44.4 Å². The molecule has 0 saturated heterocycles. The monoisotopic (exact) mass is 308 g/mol. The zero-order valence-corrected chi connectivity index (χ0v) is 12.7. The van der Waals surface area contributed by atoms with Gasteiger partial charge in [0.25, 0.3) is 0 Å². The lowest BCUT2D eigenvalue weighted by molar-refractivity contribution is 0.361. The molecule has 3 nitrogen and oxygen atoms in total. The van der Waals surface area contributed by atoms with Gasteiger partial charge in [0.1, 0.15) is 5.82 Å². The number of hydrogen-bond acceptors (Lipinski definition) is 3. The van der Waals surface area contributed by atoms with Crippen LogP contribution in [0.15, 0.2) is 22.7 Å². The van der Waals surface area contributed by atoms with Crippen LogP contribution < -0.4 is 5.73 Å². The smallest absolute Gasteiger partial charge is 0.230 e. The minimum atomic E-state index is -0.400. The molecule has 1 aliphatic carbocycles. The molecule has 0 unspecified atom stereocenters. The van der Waals surface area contributed by atoms with Gasteiger partial charge in [-0.3, -0.25) is 0 Å². The van der Waals surface area contributed by atoms with Crippen molar-refractivity contribution in [3.05, 3.63) is 34.7 Å². The van der Waals surface area contributed by atoms with Crippen molar-refractivity contribution in [2.75, 3.05) is 5.73 Å². The van der Waals surface area contributed by atoms with Gasteiger partial charge in [0.15, 0.2) is 0 Å². The summed E-state index contributed by atoms with van der Waals surface area (Å²) >= 11 is 6.20. The van der Waals surface area contributed by atoms with E-state index >= 15 is 0 Å². The van der Waals surface area contributed by atoms with Crippen LogP contribution in [-0.4, -0.2) is 5.16 Å². The second-order valence-corrected chi connectivity index (χ2v) is 6.12. The molecule has 2 aromatic rings. The second-order valence-electron chi connectivity index (χ2n) is 5.71. The van der Waals surface area contributed by atoms with Crippen molar-refractivity contribution in [1.29, 1.82) is 0 Å². The van der Waals surface area contributed by atoms with Crippen molar-refractivity contribution >= 4 is 17.5 Å². The summed E-state index contributed by atoms with van der Waals surface area (Å²) in [4.78, 5) is 0. The lowest BCUT2D eigenvalue weighted by Gasteiger charge is -2.26. The standard InChI is InChI=1S/C16H18ClFN2O/c1-2-16(8-3-4-9-16)14-13(15(19)21-20-14)12-10(17)6-5-7-11(12)18/h5-7H,2-4,8-9,19H2,1H3. The molecule has 1 fully saturated rings. The van der Waals surface area contributed by atoms with Crippen LogP contribution in [0.4, 0.5) is 10.3 Å². The Bertz CT molecular complexity index is 642. The molecule has 0 bridgehead atoms. The highest BCUT2D eigenvalue weighted by molar-refractivity contribution is 6.33. The van der Waals surface area contributed by atoms with Gasteiger partial charge in [0.05, 0.1) is 16.3 Å². The molecule has 0 aliphatic heterocycles. The molecule has 1 saturated carbocycles. The summed E-state index contributed by atoms with van der Waals surface area (Å²) in [6.45, 7) is 2.13. The molecule has 0 spiro atoms. The third kappa shape index (κ3) is 2.22. The first-order valence-corrected chi connectivity index (χ1v) is 7.67. The molecule has 2 N–H and O–H groups in total. The van der Waals surface area contributed by atoms with Crippen LogP contribution >= 0.6 is 11.6 Å². The van der Waals surface area contributed by atoms with Gasteiger partial charge in [-0.2, -0.15) is 0 Å². The Morgan fingerprint density at radius 3 is 2.67 bits per heavy atom. The molecule has 5 heteroatoms. The van der Waals surface area contributed by atoms with Gasteiger partial charge in [-0.05, 0) is 31.4 Å². The zero-order chi connectivity index (χ0) is 15.0. The lowest BCUT2D eigenvalue weighted by Crippen LogP contribution is -2.22. The number of anilines is 1. The van der Waals surface area contributed by atoms with E-state index in [1.807, 2.05) is 0 Å². The Hall–Kier alpha value is -1.55. The van der Waals surface area contributed by atoms with E-state index in [9.17, 15) is 4.39 Å². The molecule has 0 radical (unpaired) electrons. The molecule has 3 rings (SSSR count). The Labute approximate surface area is 128 Å². The van der Waals surface area contributed by atoms with Crippen LogP contribution in [-0.2, 0) is 5.41 Å². The van der Waals surface area contributed by atoms with Gasteiger partial charge in [-0.15, -0.1) is 0 Å². The van der Waals surface area contributed by atoms with Crippen molar-refractivity contribution in [3.63, 3.8) is 0 Å². The number of benzene rings is 1. The van der Waals surface area contributed by atoms with E-state index in [0.29, 0.717) is 16.1 Å². The van der Waals surface area contributed by atoms with Crippen LogP contribution in [0.25, 0.3) is 11.1 Å². The third-order valence-corrected chi connectivity index (χ3v) is 4.99. The van der Waals surface area contributed by atoms with Gasteiger partial charge < -0.3 is 10.3 Å². The summed E-state index contributed by atoms with van der Waals surface area (Å²) in [5.41, 5.74) is 7.44. The predicted octanol–water partition coefficient (Wildman–Crippen LogP) is 4.94. The van der Waals surface area contributed by atoms with Crippen LogP contribution in [0.1, 0.15) is 44.7 Å². The molecule has 1 heterocycles. The maximum Gasteiger partial charge on any atom is 0.230 e. The van der Waals surface area contributed by atoms with E-state index in [1.54, 1.807) is 12.1 Å². The zero-order valence-electron chi connectivity index (χ0n) is 12.0. The van der Waals surface area contributed by atoms with Gasteiger partial charge in [-0.1, -0.05) is 42.6 Å². The summed E-state index contributed by atoms with van der Waals surface area (Å²) in [6, 6.07) is 4.61. The number of nitrogens with zero attached hydrogens (tertiary/aromatic N) is 1. The Balaban J connectivity index is 2.23. The molecular weight excluding hydrogens is 291 g/mol. The fourth-order valence-electron chi connectivity index (χ4n) is 3.45. The molecular formula is C16H18ClFN2O. The Kier molecular flexibility index (Phi) is 3.66. The molecule has 112 valence electrons. The number of rotatable bonds is 3. The highest BCUT2D eigenvalue weighted by atomic mass is 35.5. The first-order chi connectivity index (χ1) is 10.1. The van der Waals surface area contributed by atoms with Crippen LogP contribution in [0.2, 0.25) is 5.02 Å². The number of halogens is 2. The van der Waals surface area contributed by atoms with Gasteiger partial charge >= 0.3 is 0 Å². The lowest BCUT2D eigenvalue weighted by atomic mass is 9.77. The van der Waals surface area contributed by atoms with Crippen molar-refractivity contribution < 1.29 is 8.91 Å². The number of nitrogen functional groups attached to an aromatic ring is 1. The maximum atomic E-state index is 14.3. The number of hydrogen-bond donors (Lipinski definition) is 1. The molecule has 0 atom stereocenters. The molecule has 1 aromatic carbocycles. The van der Waals surface area contributed by atoms with Crippen molar-refractivity contribution in [3.8, 4) is 11.1 Å². The number of aromatic nitrogens is 1. The van der Waals surface area contributed by atoms with Crippen LogP contribution in [0, 0.1) is 5.82 Å². The van der Waals surface area contributed by atoms with Gasteiger partial charge in [0, 0.05) is 11.0 Å². The van der Waals surface area contributed by atoms with E-state index in [1.165, 1.54) is 6.07 Å². The average molecular weight is 309 g/mol. The molecule has 1 aromatic heterocycles. The van der Waals surface area contributed by atoms with Crippen molar-refractivity contribution in [1.82, 2.24) is 5.16 Å². The van der Waals surface area contributed by atoms with E-state index in [2.05, 4.69) is 12.1 Å². The largest absolute Gasteiger partial charge is 0.367 e. The highest BCUT2D eigenvalue weighted by Crippen LogP contribution is 2.49. The SMILES string of the molecule is CCC1(c2noc(N)c2-c2c(F)cccc2Cl)CCCC1. The Morgan fingerprint density at radius 1 is 1.33 bits per heavy atom. The Morgan fingerprint density at radius 2 is 2.05 bits per heavy atom. The quantitative estimate of drug-likeness (QED) is 0.874. The summed E-state index contributed by atoms with van der Waals surface area (Å²) < 4.78 is 19.5. The molecule has 1 aliphatic rings.